The van der Waals surface area contributed by atoms with Gasteiger partial charge in [0.1, 0.15) is 6.07 Å². The van der Waals surface area contributed by atoms with Gasteiger partial charge in [0, 0.05) is 23.3 Å². The fraction of sp³-hybridized carbons (Fsp3) is 0.238. The van der Waals surface area contributed by atoms with E-state index < -0.39 is 11.8 Å². The molecular formula is C21H19FN2O3. The minimum absolute atomic E-state index is 0.124. The average molecular weight is 366 g/mol. The molecule has 3 rings (SSSR count). The molecule has 0 saturated carbocycles. The molecule has 0 bridgehead atoms. The number of carboxylic acid groups (broad SMARTS) is 1. The average Bonchev–Trinajstić information content (AvgIpc) is 2.99. The number of ether oxygens (including phenoxy) is 1. The van der Waals surface area contributed by atoms with E-state index in [-0.39, 0.29) is 11.3 Å². The first kappa shape index (κ1) is 18.5. The van der Waals surface area contributed by atoms with Gasteiger partial charge in [0.25, 0.3) is 0 Å². The summed E-state index contributed by atoms with van der Waals surface area (Å²) in [4.78, 5) is 11.0. The topological polar surface area (TPSA) is 75.2 Å². The number of fused-ring (bicyclic) bond motifs is 1. The van der Waals surface area contributed by atoms with Crippen molar-refractivity contribution >= 4 is 16.9 Å². The Morgan fingerprint density at radius 2 is 2.00 bits per heavy atom. The van der Waals surface area contributed by atoms with Crippen molar-refractivity contribution in [2.75, 3.05) is 6.61 Å². The molecule has 1 aromatic heterocycles. The highest BCUT2D eigenvalue weighted by molar-refractivity contribution is 5.90. The first-order valence-corrected chi connectivity index (χ1v) is 8.62. The highest BCUT2D eigenvalue weighted by Crippen LogP contribution is 2.31. The predicted molar refractivity (Wildman–Crippen MR) is 99.9 cm³/mol. The summed E-state index contributed by atoms with van der Waals surface area (Å²) in [5.74, 6) is -0.956. The lowest BCUT2D eigenvalue weighted by Gasteiger charge is -2.10. The quantitative estimate of drug-likeness (QED) is 0.682. The van der Waals surface area contributed by atoms with Crippen LogP contribution in [0.4, 0.5) is 4.39 Å². The van der Waals surface area contributed by atoms with Gasteiger partial charge in [0.15, 0.2) is 11.6 Å². The molecule has 2 aromatic carbocycles. The molecule has 0 amide bonds. The van der Waals surface area contributed by atoms with E-state index >= 15 is 0 Å². The molecule has 1 N–H and O–H groups in total. The van der Waals surface area contributed by atoms with E-state index in [1.165, 1.54) is 18.2 Å². The minimum Gasteiger partial charge on any atom is -0.490 e. The molecule has 0 aliphatic carbocycles. The van der Waals surface area contributed by atoms with Crippen LogP contribution in [0.1, 0.15) is 36.2 Å². The van der Waals surface area contributed by atoms with Gasteiger partial charge in [0.2, 0.25) is 0 Å². The van der Waals surface area contributed by atoms with Gasteiger partial charge in [-0.1, -0.05) is 13.8 Å². The first-order chi connectivity index (χ1) is 12.9. The summed E-state index contributed by atoms with van der Waals surface area (Å²) in [5.41, 5.74) is 1.70. The molecule has 1 heterocycles. The van der Waals surface area contributed by atoms with E-state index in [1.54, 1.807) is 29.0 Å². The maximum absolute atomic E-state index is 14.5. The third-order valence-electron chi connectivity index (χ3n) is 4.32. The maximum atomic E-state index is 14.5. The number of rotatable bonds is 6. The molecule has 138 valence electrons. The molecule has 27 heavy (non-hydrogen) atoms. The van der Waals surface area contributed by atoms with Crippen LogP contribution in [0.15, 0.2) is 42.6 Å². The fourth-order valence-corrected chi connectivity index (χ4v) is 2.81. The van der Waals surface area contributed by atoms with Gasteiger partial charge >= 0.3 is 5.97 Å². The van der Waals surface area contributed by atoms with Crippen molar-refractivity contribution in [3.63, 3.8) is 0 Å². The minimum atomic E-state index is -1.02. The van der Waals surface area contributed by atoms with Gasteiger partial charge in [-0.2, -0.15) is 5.26 Å². The van der Waals surface area contributed by atoms with Gasteiger partial charge in [0.05, 0.1) is 23.3 Å². The molecule has 5 nitrogen and oxygen atoms in total. The van der Waals surface area contributed by atoms with Crippen molar-refractivity contribution in [1.29, 1.82) is 5.26 Å². The number of hydrogen-bond donors (Lipinski definition) is 1. The predicted octanol–water partition coefficient (Wildman–Crippen LogP) is 4.76. The van der Waals surface area contributed by atoms with Gasteiger partial charge < -0.3 is 14.4 Å². The molecule has 0 aliphatic rings. The second-order valence-corrected chi connectivity index (χ2v) is 6.71. The number of aromatic carboxylic acids is 1. The van der Waals surface area contributed by atoms with Crippen LogP contribution in [0, 0.1) is 23.1 Å². The number of hydrogen-bond acceptors (Lipinski definition) is 3. The standard InChI is InChI=1S/C21H19FN2O3/c1-13(2)7-8-27-20-9-17-15(11-23)12-24(19(17)10-18(20)22)16-5-3-14(4-6-16)21(25)26/h3-6,9-10,12-13H,7-8H2,1-2H3,(H,25,26). The van der Waals surface area contributed by atoms with Crippen LogP contribution in [-0.2, 0) is 0 Å². The van der Waals surface area contributed by atoms with E-state index in [0.717, 1.165) is 6.42 Å². The second kappa shape index (κ2) is 7.50. The number of carboxylic acids is 1. The Kier molecular flexibility index (Phi) is 5.13. The Bertz CT molecular complexity index is 1030. The Balaban J connectivity index is 2.04. The maximum Gasteiger partial charge on any atom is 0.335 e. The van der Waals surface area contributed by atoms with E-state index in [1.807, 2.05) is 0 Å². The summed E-state index contributed by atoms with van der Waals surface area (Å²) in [6, 6.07) is 11.2. The second-order valence-electron chi connectivity index (χ2n) is 6.71. The number of halogens is 1. The smallest absolute Gasteiger partial charge is 0.335 e. The van der Waals surface area contributed by atoms with Gasteiger partial charge in [-0.15, -0.1) is 0 Å². The normalized spacial score (nSPS) is 10.9. The lowest BCUT2D eigenvalue weighted by Crippen LogP contribution is -2.03. The molecule has 3 aromatic rings. The molecule has 0 saturated heterocycles. The van der Waals surface area contributed by atoms with Crippen molar-refractivity contribution in [1.82, 2.24) is 4.57 Å². The lowest BCUT2D eigenvalue weighted by atomic mass is 10.1. The van der Waals surface area contributed by atoms with Gasteiger partial charge in [-0.25, -0.2) is 9.18 Å². The monoisotopic (exact) mass is 366 g/mol. The molecule has 0 unspecified atom stereocenters. The van der Waals surface area contributed by atoms with E-state index in [9.17, 15) is 14.4 Å². The van der Waals surface area contributed by atoms with Crippen molar-refractivity contribution < 1.29 is 19.0 Å². The number of nitrogens with zero attached hydrogens (tertiary/aromatic N) is 2. The zero-order chi connectivity index (χ0) is 19.6. The Morgan fingerprint density at radius 3 is 2.59 bits per heavy atom. The van der Waals surface area contributed by atoms with Crippen molar-refractivity contribution in [2.24, 2.45) is 5.92 Å². The molecule has 0 spiro atoms. The highest BCUT2D eigenvalue weighted by atomic mass is 19.1. The van der Waals surface area contributed by atoms with Crippen LogP contribution in [0.2, 0.25) is 0 Å². The molecular weight excluding hydrogens is 347 g/mol. The number of benzene rings is 2. The Labute approximate surface area is 156 Å². The third-order valence-corrected chi connectivity index (χ3v) is 4.32. The van der Waals surface area contributed by atoms with Gasteiger partial charge in [-0.05, 0) is 42.7 Å². The highest BCUT2D eigenvalue weighted by Gasteiger charge is 2.15. The van der Waals surface area contributed by atoms with Crippen molar-refractivity contribution in [3.05, 3.63) is 59.5 Å². The fourth-order valence-electron chi connectivity index (χ4n) is 2.81. The summed E-state index contributed by atoms with van der Waals surface area (Å²) in [5, 5.41) is 19.0. The zero-order valence-electron chi connectivity index (χ0n) is 15.1. The first-order valence-electron chi connectivity index (χ1n) is 8.62. The molecule has 0 atom stereocenters. The lowest BCUT2D eigenvalue weighted by molar-refractivity contribution is 0.0697. The largest absolute Gasteiger partial charge is 0.490 e. The van der Waals surface area contributed by atoms with Crippen LogP contribution in [0.5, 0.6) is 5.75 Å². The third kappa shape index (κ3) is 3.77. The van der Waals surface area contributed by atoms with Gasteiger partial charge in [-0.3, -0.25) is 0 Å². The summed E-state index contributed by atoms with van der Waals surface area (Å²) in [7, 11) is 0. The van der Waals surface area contributed by atoms with Crippen LogP contribution in [0.25, 0.3) is 16.6 Å². The molecule has 6 heteroatoms. The van der Waals surface area contributed by atoms with Crippen molar-refractivity contribution in [3.8, 4) is 17.5 Å². The number of nitriles is 1. The zero-order valence-corrected chi connectivity index (χ0v) is 15.1. The SMILES string of the molecule is CC(C)CCOc1cc2c(C#N)cn(-c3ccc(C(=O)O)cc3)c2cc1F. The van der Waals surface area contributed by atoms with Crippen LogP contribution < -0.4 is 4.74 Å². The summed E-state index contributed by atoms with van der Waals surface area (Å²) < 4.78 is 21.7. The summed E-state index contributed by atoms with van der Waals surface area (Å²) >= 11 is 0. The van der Waals surface area contributed by atoms with E-state index in [0.29, 0.717) is 34.7 Å². The van der Waals surface area contributed by atoms with E-state index in [4.69, 9.17) is 9.84 Å². The van der Waals surface area contributed by atoms with Crippen molar-refractivity contribution in [2.45, 2.75) is 20.3 Å². The summed E-state index contributed by atoms with van der Waals surface area (Å²) in [6.45, 7) is 4.53. The van der Waals surface area contributed by atoms with Crippen LogP contribution >= 0.6 is 0 Å². The Hall–Kier alpha value is -3.33. The molecule has 0 radical (unpaired) electrons. The number of carbonyl (C=O) groups is 1. The molecule has 0 aliphatic heterocycles. The molecule has 0 fully saturated rings. The van der Waals surface area contributed by atoms with E-state index in [2.05, 4.69) is 19.9 Å². The Morgan fingerprint density at radius 1 is 1.30 bits per heavy atom. The van der Waals surface area contributed by atoms with Crippen LogP contribution in [0.3, 0.4) is 0 Å². The number of aromatic nitrogens is 1. The van der Waals surface area contributed by atoms with Crippen LogP contribution in [-0.4, -0.2) is 22.2 Å². The summed E-state index contributed by atoms with van der Waals surface area (Å²) in [6.07, 6.45) is 2.41.